The van der Waals surface area contributed by atoms with Crippen LogP contribution in [0.2, 0.25) is 0 Å². The molecular weight excluding hydrogens is 188 g/mol. The Kier molecular flexibility index (Phi) is 5.15. The fourth-order valence-corrected chi connectivity index (χ4v) is 1.43. The molecule has 0 aliphatic rings. The third-order valence-electron chi connectivity index (χ3n) is 2.45. The number of hydrogen-bond acceptors (Lipinski definition) is 3. The van der Waals surface area contributed by atoms with Crippen LogP contribution < -0.4 is 15.8 Å². The summed E-state index contributed by atoms with van der Waals surface area (Å²) in [6, 6.07) is 8.49. The van der Waals surface area contributed by atoms with E-state index >= 15 is 0 Å². The van der Waals surface area contributed by atoms with Crippen LogP contribution in [0.25, 0.3) is 0 Å². The van der Waals surface area contributed by atoms with Crippen LogP contribution in [-0.4, -0.2) is 20.2 Å². The van der Waals surface area contributed by atoms with Crippen molar-refractivity contribution in [2.45, 2.75) is 19.4 Å². The van der Waals surface area contributed by atoms with Crippen molar-refractivity contribution in [2.24, 2.45) is 5.73 Å². The van der Waals surface area contributed by atoms with Gasteiger partial charge >= 0.3 is 0 Å². The molecule has 0 fully saturated rings. The number of ether oxygens (including phenoxy) is 1. The highest BCUT2D eigenvalue weighted by Crippen LogP contribution is 2.16. The van der Waals surface area contributed by atoms with E-state index in [1.54, 1.807) is 7.11 Å². The van der Waals surface area contributed by atoms with Crippen molar-refractivity contribution in [3.63, 3.8) is 0 Å². The minimum absolute atomic E-state index is 0.363. The second-order valence-corrected chi connectivity index (χ2v) is 3.59. The van der Waals surface area contributed by atoms with Crippen LogP contribution in [0.5, 0.6) is 5.75 Å². The molecule has 0 heterocycles. The monoisotopic (exact) mass is 208 g/mol. The minimum Gasteiger partial charge on any atom is -0.497 e. The van der Waals surface area contributed by atoms with Crippen LogP contribution in [0.4, 0.5) is 0 Å². The van der Waals surface area contributed by atoms with E-state index in [1.807, 2.05) is 12.1 Å². The Labute approximate surface area is 91.6 Å². The lowest BCUT2D eigenvalue weighted by atomic mass is 10.1. The molecule has 0 saturated carbocycles. The summed E-state index contributed by atoms with van der Waals surface area (Å²) in [5.74, 6) is 0.896. The summed E-state index contributed by atoms with van der Waals surface area (Å²) in [5, 5.41) is 3.42. The molecule has 84 valence electrons. The van der Waals surface area contributed by atoms with E-state index in [0.29, 0.717) is 6.04 Å². The SMILES string of the molecule is COc1ccc([C@@H](C)NCCCN)cc1. The molecule has 0 saturated heterocycles. The summed E-state index contributed by atoms with van der Waals surface area (Å²) < 4.78 is 5.11. The Hall–Kier alpha value is -1.06. The van der Waals surface area contributed by atoms with Crippen molar-refractivity contribution >= 4 is 0 Å². The lowest BCUT2D eigenvalue weighted by Crippen LogP contribution is -2.21. The van der Waals surface area contributed by atoms with E-state index in [1.165, 1.54) is 5.56 Å². The molecule has 0 unspecified atom stereocenters. The number of hydrogen-bond donors (Lipinski definition) is 2. The quantitative estimate of drug-likeness (QED) is 0.699. The Morgan fingerprint density at radius 1 is 1.33 bits per heavy atom. The van der Waals surface area contributed by atoms with Crippen molar-refractivity contribution in [2.75, 3.05) is 20.2 Å². The number of nitrogens with two attached hydrogens (primary N) is 1. The van der Waals surface area contributed by atoms with Gasteiger partial charge in [-0.25, -0.2) is 0 Å². The van der Waals surface area contributed by atoms with Gasteiger partial charge in [0.15, 0.2) is 0 Å². The van der Waals surface area contributed by atoms with Gasteiger partial charge in [-0.2, -0.15) is 0 Å². The Morgan fingerprint density at radius 2 is 2.00 bits per heavy atom. The fraction of sp³-hybridized carbons (Fsp3) is 0.500. The molecular formula is C12H20N2O. The third kappa shape index (κ3) is 3.90. The lowest BCUT2D eigenvalue weighted by molar-refractivity contribution is 0.414. The van der Waals surface area contributed by atoms with Crippen LogP contribution in [0, 0.1) is 0 Å². The zero-order chi connectivity index (χ0) is 11.1. The van der Waals surface area contributed by atoms with Crippen molar-refractivity contribution in [1.82, 2.24) is 5.32 Å². The van der Waals surface area contributed by atoms with E-state index in [9.17, 15) is 0 Å². The van der Waals surface area contributed by atoms with E-state index in [4.69, 9.17) is 10.5 Å². The summed E-state index contributed by atoms with van der Waals surface area (Å²) in [6.45, 7) is 3.85. The van der Waals surface area contributed by atoms with Gasteiger partial charge in [-0.3, -0.25) is 0 Å². The molecule has 3 nitrogen and oxygen atoms in total. The van der Waals surface area contributed by atoms with Crippen LogP contribution in [-0.2, 0) is 0 Å². The summed E-state index contributed by atoms with van der Waals surface area (Å²) >= 11 is 0. The Morgan fingerprint density at radius 3 is 2.53 bits per heavy atom. The first-order chi connectivity index (χ1) is 7.27. The molecule has 3 N–H and O–H groups in total. The highest BCUT2D eigenvalue weighted by Gasteiger charge is 2.03. The zero-order valence-electron chi connectivity index (χ0n) is 9.49. The van der Waals surface area contributed by atoms with Crippen LogP contribution in [0.3, 0.4) is 0 Å². The number of nitrogens with one attached hydrogen (secondary N) is 1. The maximum Gasteiger partial charge on any atom is 0.118 e. The first-order valence-corrected chi connectivity index (χ1v) is 5.35. The van der Waals surface area contributed by atoms with Gasteiger partial charge in [0.05, 0.1) is 7.11 Å². The topological polar surface area (TPSA) is 47.3 Å². The van der Waals surface area contributed by atoms with E-state index in [0.717, 1.165) is 25.3 Å². The van der Waals surface area contributed by atoms with E-state index in [-0.39, 0.29) is 0 Å². The smallest absolute Gasteiger partial charge is 0.118 e. The van der Waals surface area contributed by atoms with Crippen LogP contribution in [0.15, 0.2) is 24.3 Å². The standard InChI is InChI=1S/C12H20N2O/c1-10(14-9-3-8-13)11-4-6-12(15-2)7-5-11/h4-7,10,14H,3,8-9,13H2,1-2H3/t10-/m1/s1. The molecule has 0 spiro atoms. The van der Waals surface area contributed by atoms with Crippen molar-refractivity contribution in [3.05, 3.63) is 29.8 Å². The van der Waals surface area contributed by atoms with Gasteiger partial charge in [-0.1, -0.05) is 12.1 Å². The average molecular weight is 208 g/mol. The van der Waals surface area contributed by atoms with Crippen molar-refractivity contribution in [3.8, 4) is 5.75 Å². The largest absolute Gasteiger partial charge is 0.497 e. The van der Waals surface area contributed by atoms with Crippen molar-refractivity contribution in [1.29, 1.82) is 0 Å². The summed E-state index contributed by atoms with van der Waals surface area (Å²) in [5.41, 5.74) is 6.71. The first-order valence-electron chi connectivity index (χ1n) is 5.35. The van der Waals surface area contributed by atoms with Gasteiger partial charge in [-0.15, -0.1) is 0 Å². The highest BCUT2D eigenvalue weighted by atomic mass is 16.5. The third-order valence-corrected chi connectivity index (χ3v) is 2.45. The normalized spacial score (nSPS) is 12.5. The maximum absolute atomic E-state index is 5.43. The maximum atomic E-state index is 5.43. The molecule has 3 heteroatoms. The number of methoxy groups -OCH3 is 1. The molecule has 0 radical (unpaired) electrons. The van der Waals surface area contributed by atoms with Gasteiger partial charge in [-0.05, 0) is 44.1 Å². The van der Waals surface area contributed by atoms with Gasteiger partial charge in [0, 0.05) is 6.04 Å². The highest BCUT2D eigenvalue weighted by molar-refractivity contribution is 5.28. The van der Waals surface area contributed by atoms with Gasteiger partial charge < -0.3 is 15.8 Å². The first kappa shape index (κ1) is 12.0. The fourth-order valence-electron chi connectivity index (χ4n) is 1.43. The van der Waals surface area contributed by atoms with Crippen LogP contribution >= 0.6 is 0 Å². The number of benzene rings is 1. The van der Waals surface area contributed by atoms with Gasteiger partial charge in [0.2, 0.25) is 0 Å². The molecule has 0 bridgehead atoms. The Balaban J connectivity index is 2.46. The predicted octanol–water partition coefficient (Wildman–Crippen LogP) is 1.69. The number of rotatable bonds is 6. The molecule has 1 aromatic rings. The average Bonchev–Trinajstić information content (AvgIpc) is 2.29. The summed E-state index contributed by atoms with van der Waals surface area (Å²) in [7, 11) is 1.68. The van der Waals surface area contributed by atoms with E-state index < -0.39 is 0 Å². The molecule has 0 aliphatic heterocycles. The van der Waals surface area contributed by atoms with Crippen LogP contribution in [0.1, 0.15) is 24.9 Å². The minimum atomic E-state index is 0.363. The molecule has 15 heavy (non-hydrogen) atoms. The molecule has 0 aliphatic carbocycles. The molecule has 1 atom stereocenters. The van der Waals surface area contributed by atoms with Gasteiger partial charge in [0.1, 0.15) is 5.75 Å². The zero-order valence-corrected chi connectivity index (χ0v) is 9.49. The predicted molar refractivity (Wildman–Crippen MR) is 63.1 cm³/mol. The molecule has 0 amide bonds. The second kappa shape index (κ2) is 6.43. The Bertz CT molecular complexity index is 271. The lowest BCUT2D eigenvalue weighted by Gasteiger charge is -2.14. The molecule has 1 aromatic carbocycles. The summed E-state index contributed by atoms with van der Waals surface area (Å²) in [6.07, 6.45) is 1.01. The second-order valence-electron chi connectivity index (χ2n) is 3.59. The molecule has 1 rings (SSSR count). The summed E-state index contributed by atoms with van der Waals surface area (Å²) in [4.78, 5) is 0. The molecule has 0 aromatic heterocycles. The van der Waals surface area contributed by atoms with E-state index in [2.05, 4.69) is 24.4 Å². The van der Waals surface area contributed by atoms with Crippen molar-refractivity contribution < 1.29 is 4.74 Å². The van der Waals surface area contributed by atoms with Gasteiger partial charge in [0.25, 0.3) is 0 Å².